The van der Waals surface area contributed by atoms with Crippen LogP contribution in [0.5, 0.6) is 0 Å². The lowest BCUT2D eigenvalue weighted by atomic mass is 10.0. The number of aromatic nitrogens is 1. The van der Waals surface area contributed by atoms with Gasteiger partial charge >= 0.3 is 0 Å². The molecule has 0 spiro atoms. The first-order chi connectivity index (χ1) is 18.5. The van der Waals surface area contributed by atoms with Crippen molar-refractivity contribution in [2.45, 2.75) is 49.8 Å². The molecule has 7 nitrogen and oxygen atoms in total. The van der Waals surface area contributed by atoms with Gasteiger partial charge in [-0.25, -0.2) is 12.8 Å². The van der Waals surface area contributed by atoms with Gasteiger partial charge in [-0.1, -0.05) is 12.0 Å². The summed E-state index contributed by atoms with van der Waals surface area (Å²) in [5.74, 6) is 6.37. The molecule has 2 N–H and O–H groups in total. The Labute approximate surface area is 231 Å². The molecule has 0 radical (unpaired) electrons. The molecule has 39 heavy (non-hydrogen) atoms. The summed E-state index contributed by atoms with van der Waals surface area (Å²) in [4.78, 5) is 2.71. The van der Waals surface area contributed by atoms with Crippen molar-refractivity contribution in [3.63, 3.8) is 0 Å². The Morgan fingerprint density at radius 1 is 1.13 bits per heavy atom. The highest BCUT2D eigenvalue weighted by Crippen LogP contribution is 2.30. The van der Waals surface area contributed by atoms with Gasteiger partial charge in [0.05, 0.1) is 35.8 Å². The molecule has 1 aromatic heterocycles. The van der Waals surface area contributed by atoms with E-state index < -0.39 is 15.5 Å². The molecular formula is C30H39FN4O3S. The van der Waals surface area contributed by atoms with Gasteiger partial charge in [-0.2, -0.15) is 0 Å². The molecule has 1 aliphatic rings. The minimum Gasteiger partial charge on any atom is -0.383 e. The minimum atomic E-state index is -3.23. The molecule has 0 saturated carbocycles. The molecule has 1 saturated heterocycles. The van der Waals surface area contributed by atoms with Crippen molar-refractivity contribution in [3.8, 4) is 11.8 Å². The second-order valence-electron chi connectivity index (χ2n) is 10.8. The number of fused-ring (bicyclic) bond motifs is 1. The van der Waals surface area contributed by atoms with Gasteiger partial charge in [0.1, 0.15) is 5.67 Å². The van der Waals surface area contributed by atoms with Gasteiger partial charge in [-0.15, -0.1) is 0 Å². The topological polar surface area (TPSA) is 75.6 Å². The van der Waals surface area contributed by atoms with Gasteiger partial charge in [0.15, 0.2) is 9.84 Å². The van der Waals surface area contributed by atoms with Crippen molar-refractivity contribution in [1.82, 2.24) is 9.47 Å². The van der Waals surface area contributed by atoms with Crippen LogP contribution in [0.15, 0.2) is 53.4 Å². The number of methoxy groups -OCH3 is 1. The predicted octanol–water partition coefficient (Wildman–Crippen LogP) is 4.78. The second kappa shape index (κ2) is 12.4. The summed E-state index contributed by atoms with van der Waals surface area (Å²) < 4.78 is 45.3. The van der Waals surface area contributed by atoms with E-state index in [1.165, 1.54) is 6.26 Å². The van der Waals surface area contributed by atoms with Crippen LogP contribution < -0.4 is 10.6 Å². The number of nitrogens with zero attached hydrogens (tertiary/aromatic N) is 2. The van der Waals surface area contributed by atoms with E-state index in [1.807, 2.05) is 22.8 Å². The molecule has 2 heterocycles. The van der Waals surface area contributed by atoms with Crippen molar-refractivity contribution >= 4 is 32.1 Å². The van der Waals surface area contributed by atoms with Crippen molar-refractivity contribution in [2.75, 3.05) is 56.8 Å². The number of benzene rings is 2. The number of hydrogen-bond donors (Lipinski definition) is 2. The lowest BCUT2D eigenvalue weighted by molar-refractivity contribution is 0.132. The van der Waals surface area contributed by atoms with Crippen molar-refractivity contribution in [1.29, 1.82) is 0 Å². The largest absolute Gasteiger partial charge is 0.383 e. The summed E-state index contributed by atoms with van der Waals surface area (Å²) in [7, 11) is -1.50. The van der Waals surface area contributed by atoms with Gasteiger partial charge in [0.2, 0.25) is 0 Å². The van der Waals surface area contributed by atoms with E-state index in [2.05, 4.69) is 33.4 Å². The number of rotatable bonds is 10. The summed E-state index contributed by atoms with van der Waals surface area (Å²) in [6.07, 6.45) is 3.30. The fraction of sp³-hybridized carbons (Fsp3) is 0.467. The first kappa shape index (κ1) is 28.9. The van der Waals surface area contributed by atoms with E-state index in [-0.39, 0.29) is 11.4 Å². The number of likely N-dealkylation sites (tertiary alicyclic amines) is 1. The number of hydrogen-bond acceptors (Lipinski definition) is 6. The molecule has 1 fully saturated rings. The predicted molar refractivity (Wildman–Crippen MR) is 157 cm³/mol. The molecule has 0 aliphatic carbocycles. The molecule has 0 unspecified atom stereocenters. The Morgan fingerprint density at radius 3 is 2.49 bits per heavy atom. The van der Waals surface area contributed by atoms with Crippen molar-refractivity contribution in [2.24, 2.45) is 0 Å². The van der Waals surface area contributed by atoms with E-state index in [1.54, 1.807) is 45.2 Å². The maximum atomic E-state index is 14.8. The van der Waals surface area contributed by atoms with Crippen LogP contribution in [0.1, 0.15) is 32.4 Å². The number of sulfone groups is 1. The average molecular weight is 555 g/mol. The van der Waals surface area contributed by atoms with Gasteiger partial charge in [-0.3, -0.25) is 0 Å². The zero-order chi connectivity index (χ0) is 28.0. The first-order valence-electron chi connectivity index (χ1n) is 13.4. The minimum absolute atomic E-state index is 0.197. The maximum absolute atomic E-state index is 14.8. The highest BCUT2D eigenvalue weighted by Gasteiger charge is 2.22. The van der Waals surface area contributed by atoms with Crippen LogP contribution >= 0.6 is 0 Å². The average Bonchev–Trinajstić information content (AvgIpc) is 3.22. The molecule has 9 heteroatoms. The zero-order valence-corrected chi connectivity index (χ0v) is 24.1. The molecule has 4 rings (SSSR count). The normalized spacial score (nSPS) is 15.2. The van der Waals surface area contributed by atoms with E-state index in [9.17, 15) is 12.8 Å². The number of nitrogens with one attached hydrogen (secondary N) is 2. The summed E-state index contributed by atoms with van der Waals surface area (Å²) >= 11 is 0. The van der Waals surface area contributed by atoms with Crippen LogP contribution in [0.2, 0.25) is 0 Å². The highest BCUT2D eigenvalue weighted by atomic mass is 32.2. The summed E-state index contributed by atoms with van der Waals surface area (Å²) in [5, 5.41) is 7.98. The monoisotopic (exact) mass is 554 g/mol. The summed E-state index contributed by atoms with van der Waals surface area (Å²) in [5.41, 5.74) is 2.14. The molecule has 2 aromatic carbocycles. The third-order valence-electron chi connectivity index (χ3n) is 6.92. The summed E-state index contributed by atoms with van der Waals surface area (Å²) in [6.45, 7) is 7.51. The van der Waals surface area contributed by atoms with Crippen LogP contribution in [0.3, 0.4) is 0 Å². The van der Waals surface area contributed by atoms with E-state index >= 15 is 0 Å². The van der Waals surface area contributed by atoms with Crippen LogP contribution in [0.25, 0.3) is 10.9 Å². The van der Waals surface area contributed by atoms with Gasteiger partial charge in [0, 0.05) is 55.8 Å². The molecule has 0 atom stereocenters. The number of piperidine rings is 1. The van der Waals surface area contributed by atoms with Crippen LogP contribution in [0, 0.1) is 11.8 Å². The fourth-order valence-corrected chi connectivity index (χ4v) is 5.53. The van der Waals surface area contributed by atoms with E-state index in [0.717, 1.165) is 67.1 Å². The molecule has 0 bridgehead atoms. The van der Waals surface area contributed by atoms with Crippen molar-refractivity contribution in [3.05, 3.63) is 54.2 Å². The Kier molecular flexibility index (Phi) is 9.21. The molecular weight excluding hydrogens is 515 g/mol. The van der Waals surface area contributed by atoms with Crippen LogP contribution in [-0.4, -0.2) is 75.7 Å². The Bertz CT molecular complexity index is 1430. The highest BCUT2D eigenvalue weighted by molar-refractivity contribution is 7.90. The maximum Gasteiger partial charge on any atom is 0.175 e. The number of anilines is 2. The third kappa shape index (κ3) is 7.98. The smallest absolute Gasteiger partial charge is 0.175 e. The van der Waals surface area contributed by atoms with E-state index in [4.69, 9.17) is 4.74 Å². The lowest BCUT2D eigenvalue weighted by Crippen LogP contribution is -2.40. The fourth-order valence-electron chi connectivity index (χ4n) is 4.90. The summed E-state index contributed by atoms with van der Waals surface area (Å²) in [6, 6.07) is 15.1. The number of ether oxygens (including phenoxy) is 1. The Morgan fingerprint density at radius 2 is 1.85 bits per heavy atom. The van der Waals surface area contributed by atoms with Gasteiger partial charge < -0.3 is 24.8 Å². The Balaban J connectivity index is 1.51. The zero-order valence-electron chi connectivity index (χ0n) is 23.3. The van der Waals surface area contributed by atoms with Crippen LogP contribution in [-0.2, 0) is 21.1 Å². The third-order valence-corrected chi connectivity index (χ3v) is 8.05. The molecule has 0 amide bonds. The lowest BCUT2D eigenvalue weighted by Gasteiger charge is -2.32. The molecule has 3 aromatic rings. The van der Waals surface area contributed by atoms with Crippen molar-refractivity contribution < 1.29 is 17.5 Å². The molecule has 1 aliphatic heterocycles. The quantitative estimate of drug-likeness (QED) is 0.352. The second-order valence-corrected chi connectivity index (χ2v) is 12.8. The molecule has 210 valence electrons. The Hall–Kier alpha value is -3.06. The number of halogens is 1. The van der Waals surface area contributed by atoms with Crippen LogP contribution in [0.4, 0.5) is 15.8 Å². The SMILES string of the molecule is COCCN1CCC(Nc2cccc3c2cc(C#CCNc2ccc(S(C)(=O)=O)cc2)n3CC(C)(C)F)CC1. The van der Waals surface area contributed by atoms with Gasteiger partial charge in [-0.05, 0) is 75.1 Å². The number of alkyl halides is 1. The van der Waals surface area contributed by atoms with Gasteiger partial charge in [0.25, 0.3) is 0 Å². The van der Waals surface area contributed by atoms with E-state index in [0.29, 0.717) is 12.6 Å². The standard InChI is InChI=1S/C30H39FN4O3S/c1-30(2,31)22-35-25(7-6-16-32-23-10-12-26(13-11-23)39(4,36)37)21-27-28(8-5-9-29(27)35)33-24-14-17-34(18-15-24)19-20-38-3/h5,8-13,21,24,32-33H,14-20,22H2,1-4H3. The first-order valence-corrected chi connectivity index (χ1v) is 15.2.